The number of nitrogens with two attached hydrogens (primary N) is 1. The van der Waals surface area contributed by atoms with E-state index in [9.17, 15) is 4.79 Å². The van der Waals surface area contributed by atoms with E-state index in [4.69, 9.17) is 5.73 Å². The molecule has 1 aliphatic rings. The molecule has 0 aromatic carbocycles. The molecule has 2 rings (SSSR count). The summed E-state index contributed by atoms with van der Waals surface area (Å²) in [4.78, 5) is 14.4. The Bertz CT molecular complexity index is 406. The van der Waals surface area contributed by atoms with Crippen LogP contribution in [0.5, 0.6) is 0 Å². The van der Waals surface area contributed by atoms with Gasteiger partial charge in [-0.3, -0.25) is 4.79 Å². The molecule has 5 nitrogen and oxygen atoms in total. The Kier molecular flexibility index (Phi) is 3.25. The number of carbonyl (C=O) groups is 1. The number of nitrogen functional groups attached to an aromatic ring is 1. The predicted molar refractivity (Wildman–Crippen MR) is 68.0 cm³/mol. The summed E-state index contributed by atoms with van der Waals surface area (Å²) in [5, 5.41) is 4.13. The molecule has 0 radical (unpaired) electrons. The third-order valence-electron chi connectivity index (χ3n) is 2.61. The summed E-state index contributed by atoms with van der Waals surface area (Å²) in [6, 6.07) is -0.129. The zero-order valence-corrected chi connectivity index (χ0v) is 10.8. The minimum absolute atomic E-state index is 0.129. The van der Waals surface area contributed by atoms with Gasteiger partial charge in [0.1, 0.15) is 11.0 Å². The monoisotopic (exact) mass is 258 g/mol. The number of hydrogen-bond donors (Lipinski definition) is 2. The van der Waals surface area contributed by atoms with Gasteiger partial charge in [-0.1, -0.05) is 0 Å². The maximum Gasteiger partial charge on any atom is 0.244 e. The lowest BCUT2D eigenvalue weighted by molar-refractivity contribution is -0.127. The largest absolute Gasteiger partial charge is 0.382 e. The number of likely N-dealkylation sites (N-methyl/N-ethyl adjacent to an activating group) is 1. The molecule has 16 heavy (non-hydrogen) atoms. The lowest BCUT2D eigenvalue weighted by Crippen LogP contribution is -2.30. The van der Waals surface area contributed by atoms with Gasteiger partial charge in [-0.25, -0.2) is 0 Å². The van der Waals surface area contributed by atoms with Crippen LogP contribution in [0.2, 0.25) is 0 Å². The van der Waals surface area contributed by atoms with E-state index in [1.54, 1.807) is 16.7 Å². The quantitative estimate of drug-likeness (QED) is 0.794. The summed E-state index contributed by atoms with van der Waals surface area (Å²) in [6.07, 6.45) is 2.79. The molecule has 2 heterocycles. The van der Waals surface area contributed by atoms with Crippen molar-refractivity contribution in [3.05, 3.63) is 0 Å². The Morgan fingerprint density at radius 3 is 3.00 bits per heavy atom. The lowest BCUT2D eigenvalue weighted by Gasteiger charge is -2.12. The molecule has 0 saturated carbocycles. The fourth-order valence-electron chi connectivity index (χ4n) is 1.70. The fraction of sp³-hybridized carbons (Fsp3) is 0.556. The zero-order chi connectivity index (χ0) is 11.7. The number of nitrogens with one attached hydrogen (secondary N) is 1. The van der Waals surface area contributed by atoms with Crippen LogP contribution < -0.4 is 11.1 Å². The molecule has 1 amide bonds. The average molecular weight is 258 g/mol. The number of rotatable bonds is 3. The van der Waals surface area contributed by atoms with Gasteiger partial charge in [-0.05, 0) is 24.2 Å². The highest BCUT2D eigenvalue weighted by Gasteiger charge is 2.30. The smallest absolute Gasteiger partial charge is 0.244 e. The number of aromatic nitrogens is 1. The minimum atomic E-state index is -0.129. The molecule has 7 heteroatoms. The van der Waals surface area contributed by atoms with Crippen molar-refractivity contribution in [2.45, 2.75) is 17.4 Å². The van der Waals surface area contributed by atoms with Crippen LogP contribution in [0.4, 0.5) is 10.8 Å². The number of hydrogen-bond acceptors (Lipinski definition) is 6. The van der Waals surface area contributed by atoms with Crippen LogP contribution in [-0.2, 0) is 4.79 Å². The van der Waals surface area contributed by atoms with Crippen LogP contribution in [0.25, 0.3) is 0 Å². The van der Waals surface area contributed by atoms with E-state index >= 15 is 0 Å². The number of thioether (sulfide) groups is 1. The Morgan fingerprint density at radius 1 is 1.69 bits per heavy atom. The van der Waals surface area contributed by atoms with E-state index in [1.165, 1.54) is 11.5 Å². The van der Waals surface area contributed by atoms with Gasteiger partial charge in [0.15, 0.2) is 5.82 Å². The average Bonchev–Trinajstić information content (AvgIpc) is 2.76. The van der Waals surface area contributed by atoms with Gasteiger partial charge in [-0.15, -0.1) is 11.8 Å². The van der Waals surface area contributed by atoms with Gasteiger partial charge in [0, 0.05) is 13.6 Å². The molecule has 88 valence electrons. The number of anilines is 2. The van der Waals surface area contributed by atoms with Gasteiger partial charge in [0.2, 0.25) is 5.91 Å². The van der Waals surface area contributed by atoms with Crippen LogP contribution >= 0.6 is 23.3 Å². The highest BCUT2D eigenvalue weighted by atomic mass is 32.2. The standard InChI is InChI=1S/C9H14N4OS2/c1-13-4-3-5(9(13)14)11-8-6(15-2)7(10)12-16-8/h5,11H,3-4H2,1-2H3,(H2,10,12). The van der Waals surface area contributed by atoms with Gasteiger partial charge in [0.05, 0.1) is 4.90 Å². The SMILES string of the molecule is CSc1c(N)nsc1NC1CCN(C)C1=O. The van der Waals surface area contributed by atoms with Gasteiger partial charge < -0.3 is 16.0 Å². The summed E-state index contributed by atoms with van der Waals surface area (Å²) in [6.45, 7) is 0.805. The molecule has 0 bridgehead atoms. The molecule has 1 aromatic rings. The summed E-state index contributed by atoms with van der Waals surface area (Å²) in [7, 11) is 1.82. The van der Waals surface area contributed by atoms with Crippen LogP contribution in [0.3, 0.4) is 0 Å². The Labute approximate surface area is 103 Å². The van der Waals surface area contributed by atoms with E-state index in [1.807, 2.05) is 13.3 Å². The Morgan fingerprint density at radius 2 is 2.44 bits per heavy atom. The first-order chi connectivity index (χ1) is 7.63. The van der Waals surface area contributed by atoms with Crippen molar-refractivity contribution < 1.29 is 4.79 Å². The summed E-state index contributed by atoms with van der Waals surface area (Å²) in [5.74, 6) is 0.679. The number of carbonyl (C=O) groups excluding carboxylic acids is 1. The Hall–Kier alpha value is -0.950. The van der Waals surface area contributed by atoms with Crippen LogP contribution in [0, 0.1) is 0 Å². The highest BCUT2D eigenvalue weighted by Crippen LogP contribution is 2.35. The van der Waals surface area contributed by atoms with Gasteiger partial charge in [-0.2, -0.15) is 4.37 Å². The molecule has 1 atom stereocenters. The summed E-state index contributed by atoms with van der Waals surface area (Å²) < 4.78 is 4.08. The molecule has 1 aromatic heterocycles. The summed E-state index contributed by atoms with van der Waals surface area (Å²) >= 11 is 2.86. The highest BCUT2D eigenvalue weighted by molar-refractivity contribution is 7.99. The Balaban J connectivity index is 2.12. The fourth-order valence-corrected chi connectivity index (χ4v) is 3.28. The van der Waals surface area contributed by atoms with Gasteiger partial charge in [0.25, 0.3) is 0 Å². The first-order valence-electron chi connectivity index (χ1n) is 4.94. The van der Waals surface area contributed by atoms with Crippen molar-refractivity contribution in [1.29, 1.82) is 0 Å². The van der Waals surface area contributed by atoms with Crippen LogP contribution in [0.15, 0.2) is 4.90 Å². The zero-order valence-electron chi connectivity index (χ0n) is 9.19. The first kappa shape index (κ1) is 11.5. The molecule has 3 N–H and O–H groups in total. The summed E-state index contributed by atoms with van der Waals surface area (Å²) in [5.41, 5.74) is 5.73. The molecule has 0 aliphatic carbocycles. The third-order valence-corrected chi connectivity index (χ3v) is 4.35. The molecule has 1 unspecified atom stereocenters. The van der Waals surface area contributed by atoms with Crippen molar-refractivity contribution >= 4 is 40.0 Å². The van der Waals surface area contributed by atoms with Crippen LogP contribution in [0.1, 0.15) is 6.42 Å². The topological polar surface area (TPSA) is 71.2 Å². The molecular formula is C9H14N4OS2. The second-order valence-electron chi connectivity index (χ2n) is 3.68. The van der Waals surface area contributed by atoms with E-state index in [0.717, 1.165) is 22.9 Å². The number of likely N-dealkylation sites (tertiary alicyclic amines) is 1. The predicted octanol–water partition coefficient (Wildman–Crippen LogP) is 1.09. The van der Waals surface area contributed by atoms with E-state index < -0.39 is 0 Å². The van der Waals surface area contributed by atoms with E-state index in [2.05, 4.69) is 9.69 Å². The second kappa shape index (κ2) is 4.50. The molecule has 1 aliphatic heterocycles. The van der Waals surface area contributed by atoms with Crippen molar-refractivity contribution in [2.24, 2.45) is 0 Å². The first-order valence-corrected chi connectivity index (χ1v) is 6.94. The maximum absolute atomic E-state index is 11.7. The lowest BCUT2D eigenvalue weighted by atomic mass is 10.2. The maximum atomic E-state index is 11.7. The van der Waals surface area contributed by atoms with Crippen molar-refractivity contribution in [3.63, 3.8) is 0 Å². The molecule has 0 spiro atoms. The molecule has 1 fully saturated rings. The van der Waals surface area contributed by atoms with Crippen molar-refractivity contribution in [1.82, 2.24) is 9.27 Å². The number of nitrogens with zero attached hydrogens (tertiary/aromatic N) is 2. The molecular weight excluding hydrogens is 244 g/mol. The minimum Gasteiger partial charge on any atom is -0.382 e. The van der Waals surface area contributed by atoms with E-state index in [0.29, 0.717) is 5.82 Å². The van der Waals surface area contributed by atoms with Crippen molar-refractivity contribution in [2.75, 3.05) is 30.9 Å². The van der Waals surface area contributed by atoms with Crippen molar-refractivity contribution in [3.8, 4) is 0 Å². The third kappa shape index (κ3) is 1.97. The van der Waals surface area contributed by atoms with Crippen LogP contribution in [-0.4, -0.2) is 41.1 Å². The number of amides is 1. The normalized spacial score (nSPS) is 20.5. The van der Waals surface area contributed by atoms with E-state index in [-0.39, 0.29) is 11.9 Å². The molecule has 1 saturated heterocycles. The second-order valence-corrected chi connectivity index (χ2v) is 5.27. The van der Waals surface area contributed by atoms with Gasteiger partial charge >= 0.3 is 0 Å².